The molecule has 0 saturated heterocycles. The van der Waals surface area contributed by atoms with E-state index in [0.29, 0.717) is 5.92 Å². The van der Waals surface area contributed by atoms with Gasteiger partial charge in [-0.3, -0.25) is 5.41 Å². The summed E-state index contributed by atoms with van der Waals surface area (Å²) < 4.78 is 0. The van der Waals surface area contributed by atoms with Gasteiger partial charge in [0.25, 0.3) is 0 Å². The van der Waals surface area contributed by atoms with Crippen molar-refractivity contribution in [3.63, 3.8) is 0 Å². The van der Waals surface area contributed by atoms with Crippen molar-refractivity contribution in [2.75, 3.05) is 13.1 Å². The Labute approximate surface area is 109 Å². The van der Waals surface area contributed by atoms with Crippen LogP contribution in [0.2, 0.25) is 0 Å². The SMILES string of the molecule is CCc1ccc(CNCC(C)CNC(=N)N)cc1. The maximum absolute atomic E-state index is 7.08. The maximum Gasteiger partial charge on any atom is 0.185 e. The Morgan fingerprint density at radius 1 is 1.22 bits per heavy atom. The van der Waals surface area contributed by atoms with Crippen LogP contribution in [0.15, 0.2) is 24.3 Å². The summed E-state index contributed by atoms with van der Waals surface area (Å²) in [6.07, 6.45) is 1.08. The molecule has 0 amide bonds. The van der Waals surface area contributed by atoms with Crippen LogP contribution in [0, 0.1) is 11.3 Å². The summed E-state index contributed by atoms with van der Waals surface area (Å²) in [4.78, 5) is 0. The summed E-state index contributed by atoms with van der Waals surface area (Å²) in [6, 6.07) is 8.70. The number of benzene rings is 1. The van der Waals surface area contributed by atoms with Gasteiger partial charge in [-0.05, 0) is 30.0 Å². The van der Waals surface area contributed by atoms with Crippen molar-refractivity contribution in [1.82, 2.24) is 10.6 Å². The molecule has 0 spiro atoms. The van der Waals surface area contributed by atoms with E-state index in [0.717, 1.165) is 26.1 Å². The van der Waals surface area contributed by atoms with Gasteiger partial charge in [0, 0.05) is 13.1 Å². The normalized spacial score (nSPS) is 12.1. The molecule has 4 nitrogen and oxygen atoms in total. The third kappa shape index (κ3) is 5.68. The Hall–Kier alpha value is -1.55. The van der Waals surface area contributed by atoms with Crippen LogP contribution in [0.25, 0.3) is 0 Å². The van der Waals surface area contributed by atoms with Crippen molar-refractivity contribution in [3.8, 4) is 0 Å². The Balaban J connectivity index is 2.22. The molecule has 1 unspecified atom stereocenters. The third-order valence-electron chi connectivity index (χ3n) is 2.89. The zero-order valence-electron chi connectivity index (χ0n) is 11.3. The highest BCUT2D eigenvalue weighted by atomic mass is 15.0. The van der Waals surface area contributed by atoms with Crippen LogP contribution in [0.4, 0.5) is 0 Å². The maximum atomic E-state index is 7.08. The van der Waals surface area contributed by atoms with E-state index in [9.17, 15) is 0 Å². The number of nitrogens with one attached hydrogen (secondary N) is 3. The number of rotatable bonds is 7. The standard InChI is InChI=1S/C14H24N4/c1-3-12-4-6-13(7-5-12)10-17-8-11(2)9-18-14(15)16/h4-7,11,17H,3,8-10H2,1-2H3,(H4,15,16,18). The van der Waals surface area contributed by atoms with E-state index in [1.54, 1.807) is 0 Å². The molecule has 0 aliphatic heterocycles. The first kappa shape index (κ1) is 14.5. The Morgan fingerprint density at radius 2 is 1.83 bits per heavy atom. The van der Waals surface area contributed by atoms with Crippen molar-refractivity contribution in [3.05, 3.63) is 35.4 Å². The Kier molecular flexibility index (Phi) is 6.22. The fourth-order valence-electron chi connectivity index (χ4n) is 1.71. The van der Waals surface area contributed by atoms with Gasteiger partial charge in [-0.2, -0.15) is 0 Å². The quantitative estimate of drug-likeness (QED) is 0.436. The minimum atomic E-state index is 0.0389. The average Bonchev–Trinajstić information content (AvgIpc) is 2.37. The molecule has 0 radical (unpaired) electrons. The monoisotopic (exact) mass is 248 g/mol. The van der Waals surface area contributed by atoms with Crippen molar-refractivity contribution in [2.24, 2.45) is 11.7 Å². The van der Waals surface area contributed by atoms with Crippen LogP contribution in [0.1, 0.15) is 25.0 Å². The largest absolute Gasteiger partial charge is 0.370 e. The van der Waals surface area contributed by atoms with E-state index < -0.39 is 0 Å². The fourth-order valence-corrected chi connectivity index (χ4v) is 1.71. The number of hydrogen-bond acceptors (Lipinski definition) is 2. The smallest absolute Gasteiger partial charge is 0.185 e. The van der Waals surface area contributed by atoms with Gasteiger partial charge in [0.1, 0.15) is 0 Å². The molecule has 1 aromatic rings. The summed E-state index contributed by atoms with van der Waals surface area (Å²) in [5, 5.41) is 13.3. The lowest BCUT2D eigenvalue weighted by molar-refractivity contribution is 0.504. The van der Waals surface area contributed by atoms with E-state index in [-0.39, 0.29) is 5.96 Å². The molecule has 0 fully saturated rings. The van der Waals surface area contributed by atoms with Crippen LogP contribution in [-0.2, 0) is 13.0 Å². The average molecular weight is 248 g/mol. The molecule has 100 valence electrons. The molecule has 1 atom stereocenters. The molecule has 0 bridgehead atoms. The first-order chi connectivity index (χ1) is 8.61. The number of hydrogen-bond donors (Lipinski definition) is 4. The number of guanidine groups is 1. The van der Waals surface area contributed by atoms with Gasteiger partial charge in [-0.1, -0.05) is 38.1 Å². The predicted octanol–water partition coefficient (Wildman–Crippen LogP) is 1.46. The van der Waals surface area contributed by atoms with Crippen LogP contribution < -0.4 is 16.4 Å². The molecule has 1 aromatic carbocycles. The second-order valence-corrected chi connectivity index (χ2v) is 4.70. The van der Waals surface area contributed by atoms with Crippen molar-refractivity contribution in [1.29, 1.82) is 5.41 Å². The molecular formula is C14H24N4. The second kappa shape index (κ2) is 7.71. The van der Waals surface area contributed by atoms with E-state index >= 15 is 0 Å². The van der Waals surface area contributed by atoms with Gasteiger partial charge in [0.15, 0.2) is 5.96 Å². The van der Waals surface area contributed by atoms with Crippen LogP contribution in [-0.4, -0.2) is 19.0 Å². The van der Waals surface area contributed by atoms with E-state index in [4.69, 9.17) is 11.1 Å². The highest BCUT2D eigenvalue weighted by molar-refractivity contribution is 5.74. The third-order valence-corrected chi connectivity index (χ3v) is 2.89. The van der Waals surface area contributed by atoms with E-state index in [1.807, 2.05) is 0 Å². The lowest BCUT2D eigenvalue weighted by atomic mass is 10.1. The molecule has 1 rings (SSSR count). The number of aryl methyl sites for hydroxylation is 1. The van der Waals surface area contributed by atoms with Gasteiger partial charge in [-0.25, -0.2) is 0 Å². The molecule has 4 heteroatoms. The molecule has 0 aliphatic rings. The number of nitrogens with two attached hydrogens (primary N) is 1. The zero-order chi connectivity index (χ0) is 13.4. The zero-order valence-corrected chi connectivity index (χ0v) is 11.3. The topological polar surface area (TPSA) is 73.9 Å². The van der Waals surface area contributed by atoms with Crippen LogP contribution >= 0.6 is 0 Å². The van der Waals surface area contributed by atoms with E-state index in [1.165, 1.54) is 11.1 Å². The molecule has 0 aromatic heterocycles. The van der Waals surface area contributed by atoms with Crippen molar-refractivity contribution in [2.45, 2.75) is 26.8 Å². The lowest BCUT2D eigenvalue weighted by Gasteiger charge is -2.13. The molecule has 0 aliphatic carbocycles. The molecular weight excluding hydrogens is 224 g/mol. The summed E-state index contributed by atoms with van der Waals surface area (Å²) in [5.41, 5.74) is 7.92. The summed E-state index contributed by atoms with van der Waals surface area (Å²) >= 11 is 0. The van der Waals surface area contributed by atoms with Gasteiger partial charge < -0.3 is 16.4 Å². The van der Waals surface area contributed by atoms with Crippen molar-refractivity contribution < 1.29 is 0 Å². The first-order valence-electron chi connectivity index (χ1n) is 6.48. The summed E-state index contributed by atoms with van der Waals surface area (Å²) in [7, 11) is 0. The van der Waals surface area contributed by atoms with Crippen molar-refractivity contribution >= 4 is 5.96 Å². The Morgan fingerprint density at radius 3 is 2.39 bits per heavy atom. The summed E-state index contributed by atoms with van der Waals surface area (Å²) in [6.45, 7) is 6.82. The summed E-state index contributed by atoms with van der Waals surface area (Å²) in [5.74, 6) is 0.487. The fraction of sp³-hybridized carbons (Fsp3) is 0.500. The molecule has 0 heterocycles. The minimum absolute atomic E-state index is 0.0389. The van der Waals surface area contributed by atoms with Crippen LogP contribution in [0.3, 0.4) is 0 Å². The molecule has 0 saturated carbocycles. The highest BCUT2D eigenvalue weighted by Crippen LogP contribution is 2.04. The minimum Gasteiger partial charge on any atom is -0.370 e. The predicted molar refractivity (Wildman–Crippen MR) is 76.6 cm³/mol. The molecule has 18 heavy (non-hydrogen) atoms. The van der Waals surface area contributed by atoms with E-state index in [2.05, 4.69) is 48.7 Å². The van der Waals surface area contributed by atoms with Gasteiger partial charge in [0.05, 0.1) is 0 Å². The second-order valence-electron chi connectivity index (χ2n) is 4.70. The van der Waals surface area contributed by atoms with Gasteiger partial charge in [0.2, 0.25) is 0 Å². The van der Waals surface area contributed by atoms with Gasteiger partial charge in [-0.15, -0.1) is 0 Å². The van der Waals surface area contributed by atoms with Gasteiger partial charge >= 0.3 is 0 Å². The Bertz CT molecular complexity index is 359. The molecule has 5 N–H and O–H groups in total. The highest BCUT2D eigenvalue weighted by Gasteiger charge is 2.01. The lowest BCUT2D eigenvalue weighted by Crippen LogP contribution is -2.36. The van der Waals surface area contributed by atoms with Crippen LogP contribution in [0.5, 0.6) is 0 Å². The first-order valence-corrected chi connectivity index (χ1v) is 6.48.